The Labute approximate surface area is 120 Å². The van der Waals surface area contributed by atoms with Gasteiger partial charge in [0.15, 0.2) is 5.65 Å². The number of benzene rings is 1. The lowest BCUT2D eigenvalue weighted by Crippen LogP contribution is -2.02. The number of hydrogen-bond donors (Lipinski definition) is 1. The van der Waals surface area contributed by atoms with Crippen molar-refractivity contribution in [3.05, 3.63) is 54.5 Å². The van der Waals surface area contributed by atoms with Crippen LogP contribution in [0, 0.1) is 0 Å². The molecule has 3 rings (SSSR count). The number of anilines is 2. The fourth-order valence-corrected chi connectivity index (χ4v) is 1.97. The van der Waals surface area contributed by atoms with E-state index in [1.807, 2.05) is 18.2 Å². The molecule has 21 heavy (non-hydrogen) atoms. The number of esters is 1. The van der Waals surface area contributed by atoms with Crippen molar-refractivity contribution in [2.45, 2.75) is 0 Å². The molecule has 0 fully saturated rings. The van der Waals surface area contributed by atoms with Gasteiger partial charge >= 0.3 is 5.97 Å². The van der Waals surface area contributed by atoms with E-state index < -0.39 is 0 Å². The Kier molecular flexibility index (Phi) is 3.42. The smallest absolute Gasteiger partial charge is 0.337 e. The lowest BCUT2D eigenvalue weighted by molar-refractivity contribution is 0.0601. The van der Waals surface area contributed by atoms with E-state index in [0.717, 1.165) is 11.1 Å². The van der Waals surface area contributed by atoms with Crippen LogP contribution >= 0.6 is 0 Å². The summed E-state index contributed by atoms with van der Waals surface area (Å²) in [5.74, 6) is 0.253. The van der Waals surface area contributed by atoms with Crippen LogP contribution in [-0.4, -0.2) is 28.0 Å². The second-order valence-electron chi connectivity index (χ2n) is 4.29. The van der Waals surface area contributed by atoms with Gasteiger partial charge in [0.1, 0.15) is 12.1 Å². The highest BCUT2D eigenvalue weighted by atomic mass is 16.5. The number of carbonyl (C=O) groups is 1. The monoisotopic (exact) mass is 280 g/mol. The zero-order valence-corrected chi connectivity index (χ0v) is 11.3. The number of fused-ring (bicyclic) bond motifs is 1. The number of nitrogens with one attached hydrogen (secondary N) is 1. The molecule has 1 aromatic carbocycles. The van der Waals surface area contributed by atoms with Gasteiger partial charge in [-0.25, -0.2) is 19.7 Å². The summed E-state index contributed by atoms with van der Waals surface area (Å²) >= 11 is 0. The highest BCUT2D eigenvalue weighted by Gasteiger charge is 2.08. The molecule has 0 unspecified atom stereocenters. The molecular formula is C15H12N4O2. The van der Waals surface area contributed by atoms with Crippen molar-refractivity contribution in [2.75, 3.05) is 12.4 Å². The van der Waals surface area contributed by atoms with Gasteiger partial charge in [-0.3, -0.25) is 0 Å². The average Bonchev–Trinajstić information content (AvgIpc) is 2.55. The summed E-state index contributed by atoms with van der Waals surface area (Å²) in [6.07, 6.45) is 3.12. The molecule has 0 spiro atoms. The Balaban J connectivity index is 1.97. The van der Waals surface area contributed by atoms with Crippen molar-refractivity contribution >= 4 is 28.5 Å². The van der Waals surface area contributed by atoms with E-state index >= 15 is 0 Å². The molecule has 0 saturated carbocycles. The number of methoxy groups -OCH3 is 1. The van der Waals surface area contributed by atoms with Gasteiger partial charge in [0.05, 0.1) is 18.1 Å². The van der Waals surface area contributed by atoms with Crippen molar-refractivity contribution in [3.63, 3.8) is 0 Å². The van der Waals surface area contributed by atoms with Crippen LogP contribution in [0.15, 0.2) is 48.9 Å². The second kappa shape index (κ2) is 5.54. The summed E-state index contributed by atoms with van der Waals surface area (Å²) in [6.45, 7) is 0. The van der Waals surface area contributed by atoms with Crippen molar-refractivity contribution in [2.24, 2.45) is 0 Å². The predicted molar refractivity (Wildman–Crippen MR) is 78.4 cm³/mol. The molecule has 0 saturated heterocycles. The van der Waals surface area contributed by atoms with Crippen LogP contribution in [0.1, 0.15) is 10.4 Å². The molecule has 2 aromatic heterocycles. The molecule has 0 aliphatic carbocycles. The van der Waals surface area contributed by atoms with Gasteiger partial charge in [0, 0.05) is 11.9 Å². The van der Waals surface area contributed by atoms with E-state index in [1.54, 1.807) is 24.4 Å². The van der Waals surface area contributed by atoms with Crippen LogP contribution < -0.4 is 5.32 Å². The first kappa shape index (κ1) is 13.0. The quantitative estimate of drug-likeness (QED) is 0.743. The molecule has 0 radical (unpaired) electrons. The summed E-state index contributed by atoms with van der Waals surface area (Å²) in [7, 11) is 1.35. The molecule has 6 nitrogen and oxygen atoms in total. The van der Waals surface area contributed by atoms with Crippen molar-refractivity contribution < 1.29 is 9.53 Å². The third-order valence-corrected chi connectivity index (χ3v) is 2.96. The van der Waals surface area contributed by atoms with Gasteiger partial charge in [-0.05, 0) is 30.3 Å². The molecule has 0 atom stereocenters. The van der Waals surface area contributed by atoms with Gasteiger partial charge < -0.3 is 10.1 Å². The molecule has 0 aliphatic heterocycles. The minimum absolute atomic E-state index is 0.382. The van der Waals surface area contributed by atoms with Crippen LogP contribution in [0.25, 0.3) is 11.0 Å². The number of nitrogens with zero attached hydrogens (tertiary/aromatic N) is 3. The number of ether oxygens (including phenoxy) is 1. The highest BCUT2D eigenvalue weighted by molar-refractivity contribution is 5.92. The lowest BCUT2D eigenvalue weighted by Gasteiger charge is -2.08. The van der Waals surface area contributed by atoms with Crippen LogP contribution in [-0.2, 0) is 4.74 Å². The third-order valence-electron chi connectivity index (χ3n) is 2.96. The number of rotatable bonds is 3. The zero-order valence-electron chi connectivity index (χ0n) is 11.3. The zero-order chi connectivity index (χ0) is 14.7. The van der Waals surface area contributed by atoms with E-state index in [9.17, 15) is 4.79 Å². The topological polar surface area (TPSA) is 77.0 Å². The van der Waals surface area contributed by atoms with E-state index in [-0.39, 0.29) is 5.97 Å². The van der Waals surface area contributed by atoms with Gasteiger partial charge in [-0.1, -0.05) is 6.07 Å². The number of aromatic nitrogens is 3. The second-order valence-corrected chi connectivity index (χ2v) is 4.29. The Hall–Kier alpha value is -3.02. The van der Waals surface area contributed by atoms with E-state index in [0.29, 0.717) is 17.0 Å². The maximum absolute atomic E-state index is 11.5. The van der Waals surface area contributed by atoms with Crippen molar-refractivity contribution in [3.8, 4) is 0 Å². The minimum atomic E-state index is -0.382. The molecule has 0 bridgehead atoms. The average molecular weight is 280 g/mol. The van der Waals surface area contributed by atoms with E-state index in [1.165, 1.54) is 13.4 Å². The highest BCUT2D eigenvalue weighted by Crippen LogP contribution is 2.22. The molecule has 1 N–H and O–H groups in total. The van der Waals surface area contributed by atoms with Crippen molar-refractivity contribution in [1.29, 1.82) is 0 Å². The molecule has 6 heteroatoms. The maximum Gasteiger partial charge on any atom is 0.337 e. The van der Waals surface area contributed by atoms with E-state index in [2.05, 4.69) is 20.3 Å². The molecule has 104 valence electrons. The van der Waals surface area contributed by atoms with E-state index in [4.69, 9.17) is 4.74 Å². The Bertz CT molecular complexity index is 799. The number of hydrogen-bond acceptors (Lipinski definition) is 6. The predicted octanol–water partition coefficient (Wildman–Crippen LogP) is 2.56. The largest absolute Gasteiger partial charge is 0.465 e. The third kappa shape index (κ3) is 2.64. The SMILES string of the molecule is COC(=O)c1cccc(Nc2ncnc3ncccc23)c1. The summed E-state index contributed by atoms with van der Waals surface area (Å²) in [5, 5.41) is 3.98. The van der Waals surface area contributed by atoms with Crippen LogP contribution in [0.5, 0.6) is 0 Å². The first-order valence-electron chi connectivity index (χ1n) is 6.29. The van der Waals surface area contributed by atoms with Crippen LogP contribution in [0.4, 0.5) is 11.5 Å². The minimum Gasteiger partial charge on any atom is -0.465 e. The lowest BCUT2D eigenvalue weighted by atomic mass is 10.2. The van der Waals surface area contributed by atoms with Crippen LogP contribution in [0.3, 0.4) is 0 Å². The normalized spacial score (nSPS) is 10.3. The fraction of sp³-hybridized carbons (Fsp3) is 0.0667. The van der Waals surface area contributed by atoms with Gasteiger partial charge in [-0.2, -0.15) is 0 Å². The standard InChI is InChI=1S/C15H12N4O2/c1-21-15(20)10-4-2-5-11(8-10)19-14-12-6-3-7-16-13(12)17-9-18-14/h2-9H,1H3,(H,16,17,18,19). The van der Waals surface area contributed by atoms with Crippen LogP contribution in [0.2, 0.25) is 0 Å². The van der Waals surface area contributed by atoms with Crippen molar-refractivity contribution in [1.82, 2.24) is 15.0 Å². The number of pyridine rings is 1. The molecule has 0 aliphatic rings. The van der Waals surface area contributed by atoms with Gasteiger partial charge in [0.25, 0.3) is 0 Å². The molecule has 0 amide bonds. The summed E-state index contributed by atoms with van der Waals surface area (Å²) in [5.41, 5.74) is 1.82. The molecular weight excluding hydrogens is 268 g/mol. The Morgan fingerprint density at radius 2 is 2.05 bits per heavy atom. The summed E-state index contributed by atoms with van der Waals surface area (Å²) in [4.78, 5) is 24.0. The fourth-order valence-electron chi connectivity index (χ4n) is 1.97. The Morgan fingerprint density at radius 1 is 1.14 bits per heavy atom. The van der Waals surface area contributed by atoms with Gasteiger partial charge in [-0.15, -0.1) is 0 Å². The molecule has 2 heterocycles. The first-order chi connectivity index (χ1) is 10.3. The molecule has 3 aromatic rings. The van der Waals surface area contributed by atoms with Gasteiger partial charge in [0.2, 0.25) is 0 Å². The first-order valence-corrected chi connectivity index (χ1v) is 6.29. The number of carbonyl (C=O) groups excluding carboxylic acids is 1. The maximum atomic E-state index is 11.5. The summed E-state index contributed by atoms with van der Waals surface area (Å²) in [6, 6.07) is 10.7. The Morgan fingerprint density at radius 3 is 2.90 bits per heavy atom. The summed E-state index contributed by atoms with van der Waals surface area (Å²) < 4.78 is 4.71.